The lowest BCUT2D eigenvalue weighted by atomic mass is 10.0. The molecule has 0 saturated carbocycles. The SMILES string of the molecule is O=C(NCc1ccc(Cl)cc1)N1CC(CN2C(=O)COC2=O)C1. The lowest BCUT2D eigenvalue weighted by molar-refractivity contribution is -0.126. The number of ether oxygens (including phenoxy) is 1. The number of carbonyl (C=O) groups excluding carboxylic acids is 3. The van der Waals surface area contributed by atoms with Crippen LogP contribution in [0.3, 0.4) is 0 Å². The zero-order chi connectivity index (χ0) is 16.4. The summed E-state index contributed by atoms with van der Waals surface area (Å²) in [6, 6.07) is 7.09. The quantitative estimate of drug-likeness (QED) is 0.902. The lowest BCUT2D eigenvalue weighted by Gasteiger charge is -2.40. The van der Waals surface area contributed by atoms with Crippen molar-refractivity contribution in [3.8, 4) is 0 Å². The molecule has 23 heavy (non-hydrogen) atoms. The van der Waals surface area contributed by atoms with E-state index < -0.39 is 6.09 Å². The van der Waals surface area contributed by atoms with Crippen molar-refractivity contribution in [2.45, 2.75) is 6.54 Å². The van der Waals surface area contributed by atoms with Crippen molar-refractivity contribution in [3.05, 3.63) is 34.9 Å². The van der Waals surface area contributed by atoms with E-state index in [1.807, 2.05) is 12.1 Å². The Bertz CT molecular complexity index is 612. The highest BCUT2D eigenvalue weighted by molar-refractivity contribution is 6.30. The van der Waals surface area contributed by atoms with E-state index in [0.717, 1.165) is 10.5 Å². The van der Waals surface area contributed by atoms with E-state index >= 15 is 0 Å². The minimum Gasteiger partial charge on any atom is -0.439 e. The van der Waals surface area contributed by atoms with Gasteiger partial charge < -0.3 is 15.0 Å². The fraction of sp³-hybridized carbons (Fsp3) is 0.400. The van der Waals surface area contributed by atoms with Crippen molar-refractivity contribution in [1.29, 1.82) is 0 Å². The summed E-state index contributed by atoms with van der Waals surface area (Å²) in [5.74, 6) is -0.216. The average Bonchev–Trinajstić information content (AvgIpc) is 2.81. The zero-order valence-electron chi connectivity index (χ0n) is 12.3. The van der Waals surface area contributed by atoms with Crippen LogP contribution in [0.4, 0.5) is 9.59 Å². The molecule has 1 aromatic rings. The van der Waals surface area contributed by atoms with Crippen molar-refractivity contribution in [2.75, 3.05) is 26.2 Å². The number of likely N-dealkylation sites (tertiary alicyclic amines) is 1. The summed E-state index contributed by atoms with van der Waals surface area (Å²) >= 11 is 5.81. The van der Waals surface area contributed by atoms with Crippen LogP contribution in [0.5, 0.6) is 0 Å². The van der Waals surface area contributed by atoms with Gasteiger partial charge in [0.25, 0.3) is 5.91 Å². The Morgan fingerprint density at radius 2 is 1.96 bits per heavy atom. The summed E-state index contributed by atoms with van der Waals surface area (Å²) in [5.41, 5.74) is 0.963. The Balaban J connectivity index is 1.40. The van der Waals surface area contributed by atoms with Gasteiger partial charge in [0, 0.05) is 37.1 Å². The van der Waals surface area contributed by atoms with E-state index in [1.165, 1.54) is 0 Å². The Labute approximate surface area is 138 Å². The van der Waals surface area contributed by atoms with E-state index in [9.17, 15) is 14.4 Å². The summed E-state index contributed by atoms with van der Waals surface area (Å²) < 4.78 is 4.65. The minimum atomic E-state index is -0.597. The molecule has 7 nitrogen and oxygen atoms in total. The van der Waals surface area contributed by atoms with Crippen LogP contribution in [-0.4, -0.2) is 54.1 Å². The standard InChI is InChI=1S/C15H16ClN3O4/c16-12-3-1-10(2-4-12)5-17-14(21)18-6-11(7-18)8-19-13(20)9-23-15(19)22/h1-4,11H,5-9H2,(H,17,21). The number of nitrogens with zero attached hydrogens (tertiary/aromatic N) is 2. The molecule has 2 saturated heterocycles. The van der Waals surface area contributed by atoms with Crippen LogP contribution in [0.15, 0.2) is 24.3 Å². The van der Waals surface area contributed by atoms with Crippen LogP contribution in [0.2, 0.25) is 5.02 Å². The first-order valence-corrected chi connectivity index (χ1v) is 7.65. The second-order valence-corrected chi connectivity index (χ2v) is 6.05. The third kappa shape index (κ3) is 3.56. The van der Waals surface area contributed by atoms with Crippen molar-refractivity contribution in [3.63, 3.8) is 0 Å². The Morgan fingerprint density at radius 3 is 2.57 bits per heavy atom. The molecule has 122 valence electrons. The molecule has 1 N–H and O–H groups in total. The minimum absolute atomic E-state index is 0.103. The molecule has 0 unspecified atom stereocenters. The molecule has 0 radical (unpaired) electrons. The normalized spacial score (nSPS) is 18.0. The van der Waals surface area contributed by atoms with E-state index in [-0.39, 0.29) is 24.5 Å². The molecule has 2 aliphatic rings. The van der Waals surface area contributed by atoms with E-state index in [4.69, 9.17) is 11.6 Å². The Kier molecular flexibility index (Phi) is 4.38. The molecule has 8 heteroatoms. The molecule has 0 aliphatic carbocycles. The Hall–Kier alpha value is -2.28. The topological polar surface area (TPSA) is 79.0 Å². The molecular weight excluding hydrogens is 322 g/mol. The maximum atomic E-state index is 12.0. The van der Waals surface area contributed by atoms with Gasteiger partial charge in [0.2, 0.25) is 0 Å². The number of hydrogen-bond donors (Lipinski definition) is 1. The van der Waals surface area contributed by atoms with Gasteiger partial charge in [0.05, 0.1) is 0 Å². The van der Waals surface area contributed by atoms with E-state index in [2.05, 4.69) is 10.1 Å². The van der Waals surface area contributed by atoms with Gasteiger partial charge in [0.15, 0.2) is 6.61 Å². The highest BCUT2D eigenvalue weighted by Crippen LogP contribution is 2.19. The average molecular weight is 338 g/mol. The second kappa shape index (κ2) is 6.45. The van der Waals surface area contributed by atoms with E-state index in [1.54, 1.807) is 17.0 Å². The molecular formula is C15H16ClN3O4. The number of carbonyl (C=O) groups is 3. The molecule has 0 bridgehead atoms. The largest absolute Gasteiger partial charge is 0.439 e. The predicted molar refractivity (Wildman–Crippen MR) is 81.8 cm³/mol. The third-order valence-electron chi connectivity index (χ3n) is 3.88. The summed E-state index contributed by atoms with van der Waals surface area (Å²) in [7, 11) is 0. The molecule has 0 aromatic heterocycles. The number of benzene rings is 1. The van der Waals surface area contributed by atoms with Crippen LogP contribution in [0.1, 0.15) is 5.56 Å². The molecule has 2 heterocycles. The number of hydrogen-bond acceptors (Lipinski definition) is 4. The van der Waals surface area contributed by atoms with Gasteiger partial charge in [-0.3, -0.25) is 4.79 Å². The van der Waals surface area contributed by atoms with Crippen LogP contribution >= 0.6 is 11.6 Å². The maximum Gasteiger partial charge on any atom is 0.417 e. The monoisotopic (exact) mass is 337 g/mol. The first-order chi connectivity index (χ1) is 11.0. The molecule has 0 atom stereocenters. The van der Waals surface area contributed by atoms with Crippen LogP contribution in [0, 0.1) is 5.92 Å². The van der Waals surface area contributed by atoms with Gasteiger partial charge >= 0.3 is 12.1 Å². The van der Waals surface area contributed by atoms with Crippen LogP contribution in [-0.2, 0) is 16.1 Å². The van der Waals surface area contributed by atoms with Gasteiger partial charge in [-0.2, -0.15) is 0 Å². The van der Waals surface area contributed by atoms with Crippen molar-refractivity contribution < 1.29 is 19.1 Å². The molecule has 0 spiro atoms. The van der Waals surface area contributed by atoms with Crippen molar-refractivity contribution >= 4 is 29.6 Å². The zero-order valence-corrected chi connectivity index (χ0v) is 13.1. The fourth-order valence-electron chi connectivity index (χ4n) is 2.56. The summed E-state index contributed by atoms with van der Waals surface area (Å²) in [4.78, 5) is 37.5. The van der Waals surface area contributed by atoms with Crippen molar-refractivity contribution in [1.82, 2.24) is 15.1 Å². The second-order valence-electron chi connectivity index (χ2n) is 5.62. The van der Waals surface area contributed by atoms with E-state index in [0.29, 0.717) is 31.2 Å². The number of rotatable bonds is 4. The van der Waals surface area contributed by atoms with Gasteiger partial charge in [-0.05, 0) is 17.7 Å². The highest BCUT2D eigenvalue weighted by Gasteiger charge is 2.38. The number of halogens is 1. The maximum absolute atomic E-state index is 12.0. The molecule has 2 aliphatic heterocycles. The van der Waals surface area contributed by atoms with Gasteiger partial charge in [-0.15, -0.1) is 0 Å². The summed E-state index contributed by atoms with van der Waals surface area (Å²) in [6.45, 7) is 1.58. The number of amides is 4. The third-order valence-corrected chi connectivity index (χ3v) is 4.13. The number of urea groups is 1. The lowest BCUT2D eigenvalue weighted by Crippen LogP contribution is -2.57. The first-order valence-electron chi connectivity index (χ1n) is 7.27. The van der Waals surface area contributed by atoms with Gasteiger partial charge in [-0.1, -0.05) is 23.7 Å². The molecule has 4 amide bonds. The smallest absolute Gasteiger partial charge is 0.417 e. The van der Waals surface area contributed by atoms with Gasteiger partial charge in [-0.25, -0.2) is 14.5 Å². The van der Waals surface area contributed by atoms with Crippen LogP contribution in [0.25, 0.3) is 0 Å². The molecule has 2 fully saturated rings. The number of cyclic esters (lactones) is 1. The fourth-order valence-corrected chi connectivity index (χ4v) is 2.68. The Morgan fingerprint density at radius 1 is 1.26 bits per heavy atom. The summed E-state index contributed by atoms with van der Waals surface area (Å²) in [5, 5.41) is 3.48. The molecule has 1 aromatic carbocycles. The van der Waals surface area contributed by atoms with Crippen molar-refractivity contribution in [2.24, 2.45) is 5.92 Å². The summed E-state index contributed by atoms with van der Waals surface area (Å²) in [6.07, 6.45) is -0.597. The number of nitrogens with one attached hydrogen (secondary N) is 1. The highest BCUT2D eigenvalue weighted by atomic mass is 35.5. The first kappa shape index (κ1) is 15.6. The number of imide groups is 1. The molecule has 3 rings (SSSR count). The van der Waals surface area contributed by atoms with Gasteiger partial charge in [0.1, 0.15) is 0 Å². The predicted octanol–water partition coefficient (Wildman–Crippen LogP) is 1.46. The van der Waals surface area contributed by atoms with Crippen LogP contribution < -0.4 is 5.32 Å².